The number of hydrogen-bond donors (Lipinski definition) is 1. The highest BCUT2D eigenvalue weighted by Gasteiger charge is 2.65. The first kappa shape index (κ1) is 25.2. The molecule has 0 saturated carbocycles. The summed E-state index contributed by atoms with van der Waals surface area (Å²) in [6.07, 6.45) is -10.4. The summed E-state index contributed by atoms with van der Waals surface area (Å²) in [7, 11) is 1.04. The van der Waals surface area contributed by atoms with Crippen molar-refractivity contribution >= 4 is 10.9 Å². The first-order chi connectivity index (χ1) is 17.2. The van der Waals surface area contributed by atoms with Crippen LogP contribution in [0, 0.1) is 17.6 Å². The highest BCUT2D eigenvalue weighted by molar-refractivity contribution is 5.83. The van der Waals surface area contributed by atoms with E-state index in [0.717, 1.165) is 44.4 Å². The lowest BCUT2D eigenvalue weighted by atomic mass is 9.76. The van der Waals surface area contributed by atoms with E-state index in [1.807, 2.05) is 0 Å². The Morgan fingerprint density at radius 2 is 1.70 bits per heavy atom. The lowest BCUT2D eigenvalue weighted by Gasteiger charge is -2.32. The third kappa shape index (κ3) is 3.78. The number of halogens is 7. The molecular formula is C24H18F7NO5. The molecule has 4 atom stereocenters. The number of methoxy groups -OCH3 is 1. The zero-order valence-corrected chi connectivity index (χ0v) is 19.3. The summed E-state index contributed by atoms with van der Waals surface area (Å²) in [5, 5.41) is -0.101. The molecule has 6 nitrogen and oxygen atoms in total. The molecule has 1 fully saturated rings. The minimum atomic E-state index is -4.89. The second-order valence-corrected chi connectivity index (χ2v) is 9.04. The van der Waals surface area contributed by atoms with Gasteiger partial charge in [-0.1, -0.05) is 13.0 Å². The van der Waals surface area contributed by atoms with E-state index in [-0.39, 0.29) is 22.2 Å². The largest absolute Gasteiger partial charge is 0.586 e. The second kappa shape index (κ2) is 8.01. The summed E-state index contributed by atoms with van der Waals surface area (Å²) in [6.45, 7) is 2.05. The number of H-pyrrole nitrogens is 1. The van der Waals surface area contributed by atoms with Crippen LogP contribution in [0.25, 0.3) is 10.9 Å². The number of benzene rings is 2. The van der Waals surface area contributed by atoms with Crippen molar-refractivity contribution < 1.29 is 49.7 Å². The van der Waals surface area contributed by atoms with E-state index in [1.54, 1.807) is 0 Å². The van der Waals surface area contributed by atoms with Crippen LogP contribution in [0.5, 0.6) is 17.2 Å². The fourth-order valence-corrected chi connectivity index (χ4v) is 4.95. The number of hydrogen-bond acceptors (Lipinski definition) is 5. The predicted molar refractivity (Wildman–Crippen MR) is 114 cm³/mol. The zero-order valence-electron chi connectivity index (χ0n) is 19.3. The maximum Gasteiger partial charge on any atom is 0.586 e. The van der Waals surface area contributed by atoms with Crippen molar-refractivity contribution in [3.8, 4) is 17.2 Å². The summed E-state index contributed by atoms with van der Waals surface area (Å²) in [4.78, 5) is 15.7. The molecule has 0 bridgehead atoms. The summed E-state index contributed by atoms with van der Waals surface area (Å²) >= 11 is 0. The Morgan fingerprint density at radius 1 is 1.05 bits per heavy atom. The Bertz CT molecular complexity index is 1470. The number of pyridine rings is 1. The molecule has 0 unspecified atom stereocenters. The average molecular weight is 533 g/mol. The SMILES string of the molecule is COc1c([C@H]2[C@H](c3cc(=O)c4cc5c(cc4[nH]3)OC(F)(F)O5)O[C@@](C)(C(F)(F)F)[C@H]2C)ccc(F)c1F. The van der Waals surface area contributed by atoms with Crippen LogP contribution in [0.15, 0.2) is 35.1 Å². The van der Waals surface area contributed by atoms with Gasteiger partial charge in [-0.05, 0) is 19.1 Å². The van der Waals surface area contributed by atoms with Crippen molar-refractivity contribution in [3.05, 3.63) is 63.4 Å². The summed E-state index contributed by atoms with van der Waals surface area (Å²) < 4.78 is 117. The highest BCUT2D eigenvalue weighted by Crippen LogP contribution is 2.59. The van der Waals surface area contributed by atoms with E-state index in [4.69, 9.17) is 9.47 Å². The quantitative estimate of drug-likeness (QED) is 0.422. The zero-order chi connectivity index (χ0) is 27.1. The first-order valence-corrected chi connectivity index (χ1v) is 10.9. The number of rotatable bonds is 3. The van der Waals surface area contributed by atoms with E-state index >= 15 is 0 Å². The van der Waals surface area contributed by atoms with Crippen LogP contribution in [-0.2, 0) is 4.74 Å². The van der Waals surface area contributed by atoms with Gasteiger partial charge in [0.15, 0.2) is 34.1 Å². The van der Waals surface area contributed by atoms with Crippen LogP contribution in [0.2, 0.25) is 0 Å². The van der Waals surface area contributed by atoms with Gasteiger partial charge in [-0.15, -0.1) is 8.78 Å². The molecule has 2 aromatic carbocycles. The Balaban J connectivity index is 1.70. The van der Waals surface area contributed by atoms with Gasteiger partial charge in [-0.3, -0.25) is 4.79 Å². The monoisotopic (exact) mass is 533 g/mol. The van der Waals surface area contributed by atoms with E-state index in [0.29, 0.717) is 0 Å². The Morgan fingerprint density at radius 3 is 2.32 bits per heavy atom. The lowest BCUT2D eigenvalue weighted by molar-refractivity contribution is -0.286. The van der Waals surface area contributed by atoms with Crippen molar-refractivity contribution in [1.29, 1.82) is 0 Å². The van der Waals surface area contributed by atoms with Gasteiger partial charge in [0.1, 0.15) is 6.10 Å². The van der Waals surface area contributed by atoms with E-state index in [9.17, 15) is 35.5 Å². The van der Waals surface area contributed by atoms with Gasteiger partial charge in [0.25, 0.3) is 0 Å². The van der Waals surface area contributed by atoms with E-state index in [2.05, 4.69) is 14.5 Å². The number of alkyl halides is 5. The van der Waals surface area contributed by atoms with Gasteiger partial charge >= 0.3 is 12.5 Å². The maximum atomic E-state index is 14.6. The molecule has 5 rings (SSSR count). The maximum absolute atomic E-state index is 14.6. The number of fused-ring (bicyclic) bond motifs is 2. The Labute approximate surface area is 203 Å². The number of nitrogens with one attached hydrogen (secondary N) is 1. The van der Waals surface area contributed by atoms with Gasteiger partial charge in [-0.25, -0.2) is 4.39 Å². The van der Waals surface area contributed by atoms with Gasteiger partial charge in [0.2, 0.25) is 5.82 Å². The molecule has 2 aliphatic heterocycles. The van der Waals surface area contributed by atoms with Crippen LogP contribution >= 0.6 is 0 Å². The predicted octanol–water partition coefficient (Wildman–Crippen LogP) is 5.95. The number of aromatic nitrogens is 1. The molecule has 3 heterocycles. The molecule has 13 heteroatoms. The molecule has 37 heavy (non-hydrogen) atoms. The molecule has 0 amide bonds. The van der Waals surface area contributed by atoms with Gasteiger partial charge < -0.3 is 23.9 Å². The van der Waals surface area contributed by atoms with Crippen LogP contribution in [0.3, 0.4) is 0 Å². The highest BCUT2D eigenvalue weighted by atomic mass is 19.4. The summed E-state index contributed by atoms with van der Waals surface area (Å²) in [5.41, 5.74) is -3.81. The van der Waals surface area contributed by atoms with E-state index < -0.39 is 70.3 Å². The smallest absolute Gasteiger partial charge is 0.493 e. The van der Waals surface area contributed by atoms with Crippen LogP contribution in [-0.4, -0.2) is 30.2 Å². The van der Waals surface area contributed by atoms with Gasteiger partial charge in [-0.2, -0.15) is 17.6 Å². The Hall–Kier alpha value is -3.48. The molecule has 0 aliphatic carbocycles. The van der Waals surface area contributed by atoms with Crippen molar-refractivity contribution in [2.24, 2.45) is 5.92 Å². The normalized spacial score (nSPS) is 26.6. The fourth-order valence-electron chi connectivity index (χ4n) is 4.95. The number of ether oxygens (including phenoxy) is 4. The van der Waals surface area contributed by atoms with Crippen molar-refractivity contribution in [3.63, 3.8) is 0 Å². The molecule has 0 radical (unpaired) electrons. The third-order valence-electron chi connectivity index (χ3n) is 6.99. The molecule has 1 N–H and O–H groups in total. The lowest BCUT2D eigenvalue weighted by Crippen LogP contribution is -2.46. The van der Waals surface area contributed by atoms with Gasteiger partial charge in [0.05, 0.1) is 12.6 Å². The minimum Gasteiger partial charge on any atom is -0.493 e. The van der Waals surface area contributed by atoms with Crippen LogP contribution in [0.4, 0.5) is 30.7 Å². The number of aromatic amines is 1. The summed E-state index contributed by atoms with van der Waals surface area (Å²) in [5.74, 6) is -6.71. The van der Waals surface area contributed by atoms with Gasteiger partial charge in [0, 0.05) is 40.6 Å². The van der Waals surface area contributed by atoms with Crippen LogP contribution < -0.4 is 19.6 Å². The summed E-state index contributed by atoms with van der Waals surface area (Å²) in [6, 6.07) is 4.87. The molecule has 1 aromatic heterocycles. The minimum absolute atomic E-state index is 0.0459. The third-order valence-corrected chi connectivity index (χ3v) is 6.99. The van der Waals surface area contributed by atoms with Crippen molar-refractivity contribution in [2.45, 2.75) is 43.9 Å². The molecule has 0 spiro atoms. The topological polar surface area (TPSA) is 69.8 Å². The molecular weight excluding hydrogens is 515 g/mol. The standard InChI is InChI=1S/C24H18F7NO5/c1-9-18(10-4-5-12(25)19(26)20(10)34-3)21(37-22(9,2)23(27,28)29)14-7-15(33)11-6-16-17(8-13(11)32-14)36-24(30,31)35-16/h4-9,18,21H,1-3H3,(H,32,33)/t9-,18-,21-,22+/m0/s1. The average Bonchev–Trinajstić information content (AvgIpc) is 3.25. The molecule has 2 aliphatic rings. The molecule has 198 valence electrons. The Kier molecular flexibility index (Phi) is 5.45. The first-order valence-electron chi connectivity index (χ1n) is 10.9. The van der Waals surface area contributed by atoms with Crippen molar-refractivity contribution in [2.75, 3.05) is 7.11 Å². The van der Waals surface area contributed by atoms with Crippen molar-refractivity contribution in [1.82, 2.24) is 4.98 Å². The fraction of sp³-hybridized carbons (Fsp3) is 0.375. The second-order valence-electron chi connectivity index (χ2n) is 9.04. The molecule has 3 aromatic rings. The van der Waals surface area contributed by atoms with Crippen LogP contribution in [0.1, 0.15) is 37.1 Å². The van der Waals surface area contributed by atoms with E-state index in [1.165, 1.54) is 6.92 Å². The molecule has 1 saturated heterocycles.